The number of nitro benzene ring substituents is 1. The maximum Gasteiger partial charge on any atom is 0.321 e. The van der Waals surface area contributed by atoms with E-state index in [-0.39, 0.29) is 34.3 Å². The monoisotopic (exact) mass is 377 g/mol. The molecule has 1 fully saturated rings. The maximum atomic E-state index is 12.6. The van der Waals surface area contributed by atoms with Crippen molar-refractivity contribution in [3.05, 3.63) is 46.0 Å². The first-order valence-electron chi connectivity index (χ1n) is 7.24. The summed E-state index contributed by atoms with van der Waals surface area (Å²) in [5, 5.41) is 13.8. The predicted octanol–water partition coefficient (Wildman–Crippen LogP) is 1.42. The molecule has 2 amide bonds. The van der Waals surface area contributed by atoms with Crippen LogP contribution < -0.4 is 14.8 Å². The molecule has 9 nitrogen and oxygen atoms in total. The van der Waals surface area contributed by atoms with Crippen molar-refractivity contribution in [1.29, 1.82) is 0 Å². The molecule has 0 aliphatic carbocycles. The molecule has 0 atom stereocenters. The van der Waals surface area contributed by atoms with E-state index < -0.39 is 22.4 Å². The molecular weight excluding hydrogens is 362 g/mol. The molecule has 1 aromatic carbocycles. The van der Waals surface area contributed by atoms with Crippen molar-refractivity contribution in [1.82, 2.24) is 10.2 Å². The molecule has 0 unspecified atom stereocenters. The number of nitro groups is 1. The predicted molar refractivity (Wildman–Crippen MR) is 96.8 cm³/mol. The van der Waals surface area contributed by atoms with Crippen LogP contribution in [0.1, 0.15) is 5.56 Å². The lowest BCUT2D eigenvalue weighted by Crippen LogP contribution is -2.53. The first kappa shape index (κ1) is 19.1. The van der Waals surface area contributed by atoms with Crippen LogP contribution in [0, 0.1) is 10.1 Å². The lowest BCUT2D eigenvalue weighted by atomic mass is 10.0. The number of hydrogen-bond acceptors (Lipinski definition) is 7. The minimum absolute atomic E-state index is 0.0372. The number of amides is 2. The second-order valence-corrected chi connectivity index (χ2v) is 5.40. The highest BCUT2D eigenvalue weighted by Crippen LogP contribution is 2.38. The van der Waals surface area contributed by atoms with Gasteiger partial charge in [0.1, 0.15) is 11.3 Å². The molecule has 2 rings (SSSR count). The summed E-state index contributed by atoms with van der Waals surface area (Å²) in [4.78, 5) is 36.8. The van der Waals surface area contributed by atoms with Gasteiger partial charge in [0.15, 0.2) is 10.9 Å². The van der Waals surface area contributed by atoms with Crippen molar-refractivity contribution >= 4 is 40.9 Å². The molecule has 0 bridgehead atoms. The van der Waals surface area contributed by atoms with Crippen LogP contribution >= 0.6 is 12.2 Å². The molecule has 136 valence electrons. The quantitative estimate of drug-likeness (QED) is 0.199. The summed E-state index contributed by atoms with van der Waals surface area (Å²) < 4.78 is 10.1. The number of thiocarbonyl (C=S) groups is 1. The Kier molecular flexibility index (Phi) is 5.68. The van der Waals surface area contributed by atoms with Crippen LogP contribution in [0.2, 0.25) is 0 Å². The molecule has 1 saturated heterocycles. The summed E-state index contributed by atoms with van der Waals surface area (Å²) >= 11 is 4.97. The highest BCUT2D eigenvalue weighted by Gasteiger charge is 2.34. The first-order chi connectivity index (χ1) is 12.3. The third-order valence-electron chi connectivity index (χ3n) is 3.55. The van der Waals surface area contributed by atoms with Gasteiger partial charge in [-0.1, -0.05) is 6.08 Å². The number of ether oxygens (including phenoxy) is 2. The van der Waals surface area contributed by atoms with Gasteiger partial charge in [-0.15, -0.1) is 6.58 Å². The van der Waals surface area contributed by atoms with Crippen molar-refractivity contribution in [2.45, 2.75) is 0 Å². The van der Waals surface area contributed by atoms with Crippen LogP contribution in [-0.4, -0.2) is 47.5 Å². The van der Waals surface area contributed by atoms with Gasteiger partial charge < -0.3 is 9.47 Å². The highest BCUT2D eigenvalue weighted by atomic mass is 32.1. The summed E-state index contributed by atoms with van der Waals surface area (Å²) in [5.41, 5.74) is -0.819. The van der Waals surface area contributed by atoms with Gasteiger partial charge in [0.25, 0.3) is 11.8 Å². The number of hydrogen-bond donors (Lipinski definition) is 1. The van der Waals surface area contributed by atoms with Gasteiger partial charge in [0.2, 0.25) is 0 Å². The van der Waals surface area contributed by atoms with Crippen LogP contribution in [0.15, 0.2) is 30.4 Å². The number of methoxy groups -OCH3 is 2. The number of rotatable bonds is 6. The fourth-order valence-electron chi connectivity index (χ4n) is 2.37. The zero-order valence-corrected chi connectivity index (χ0v) is 14.8. The van der Waals surface area contributed by atoms with E-state index in [0.717, 1.165) is 11.0 Å². The Labute approximate surface area is 154 Å². The zero-order valence-electron chi connectivity index (χ0n) is 14.0. The Hall–Kier alpha value is -3.27. The largest absolute Gasteiger partial charge is 0.496 e. The topological polar surface area (TPSA) is 111 Å². The van der Waals surface area contributed by atoms with Crippen LogP contribution in [0.4, 0.5) is 5.69 Å². The Bertz CT molecular complexity index is 849. The Morgan fingerprint density at radius 2 is 1.92 bits per heavy atom. The number of nitrogens with zero attached hydrogens (tertiary/aromatic N) is 2. The molecule has 1 aromatic rings. The second kappa shape index (κ2) is 7.74. The molecule has 0 aromatic heterocycles. The van der Waals surface area contributed by atoms with Crippen molar-refractivity contribution in [2.75, 3.05) is 20.8 Å². The Balaban J connectivity index is 2.68. The normalized spacial score (nSPS) is 15.7. The van der Waals surface area contributed by atoms with Crippen molar-refractivity contribution in [2.24, 2.45) is 0 Å². The van der Waals surface area contributed by atoms with Gasteiger partial charge in [0, 0.05) is 6.54 Å². The molecule has 1 N–H and O–H groups in total. The third-order valence-corrected chi connectivity index (χ3v) is 3.87. The summed E-state index contributed by atoms with van der Waals surface area (Å²) in [7, 11) is 2.59. The van der Waals surface area contributed by atoms with Gasteiger partial charge in [-0.05, 0) is 30.4 Å². The van der Waals surface area contributed by atoms with Gasteiger partial charge in [-0.2, -0.15) is 0 Å². The fraction of sp³-hybridized carbons (Fsp3) is 0.188. The van der Waals surface area contributed by atoms with E-state index in [0.29, 0.717) is 0 Å². The molecule has 26 heavy (non-hydrogen) atoms. The van der Waals surface area contributed by atoms with Crippen LogP contribution in [0.25, 0.3) is 6.08 Å². The fourth-order valence-corrected chi connectivity index (χ4v) is 2.62. The van der Waals surface area contributed by atoms with E-state index in [1.807, 2.05) is 0 Å². The van der Waals surface area contributed by atoms with E-state index in [2.05, 4.69) is 11.9 Å². The summed E-state index contributed by atoms with van der Waals surface area (Å²) in [5.74, 6) is -1.39. The zero-order chi connectivity index (χ0) is 19.4. The standard InChI is InChI=1S/C16H15N3O6S/c1-4-7-18-15(21)10(14(20)17-16(18)26)8-9-11(24-2)5-6-12(25-3)13(9)19(22)23/h4-6,8H,1,7H2,2-3H3,(H,17,20,26). The average Bonchev–Trinajstić information content (AvgIpc) is 2.61. The number of carbonyl (C=O) groups is 2. The first-order valence-corrected chi connectivity index (χ1v) is 7.65. The van der Waals surface area contributed by atoms with E-state index in [1.165, 1.54) is 32.4 Å². The lowest BCUT2D eigenvalue weighted by molar-refractivity contribution is -0.386. The molecule has 10 heteroatoms. The summed E-state index contributed by atoms with van der Waals surface area (Å²) in [6.07, 6.45) is 2.53. The van der Waals surface area contributed by atoms with Crippen LogP contribution in [0.5, 0.6) is 11.5 Å². The highest BCUT2D eigenvalue weighted by molar-refractivity contribution is 7.80. The molecule has 0 saturated carbocycles. The molecule has 1 aliphatic rings. The Morgan fingerprint density at radius 1 is 1.31 bits per heavy atom. The van der Waals surface area contributed by atoms with Crippen LogP contribution in [0.3, 0.4) is 0 Å². The molecule has 0 radical (unpaired) electrons. The minimum Gasteiger partial charge on any atom is -0.496 e. The van der Waals surface area contributed by atoms with E-state index in [9.17, 15) is 19.7 Å². The summed E-state index contributed by atoms with van der Waals surface area (Å²) in [6, 6.07) is 2.80. The van der Waals surface area contributed by atoms with Crippen molar-refractivity contribution < 1.29 is 24.0 Å². The molecule has 1 heterocycles. The van der Waals surface area contributed by atoms with E-state index in [4.69, 9.17) is 21.7 Å². The maximum absolute atomic E-state index is 12.6. The van der Waals surface area contributed by atoms with Crippen molar-refractivity contribution in [3.8, 4) is 11.5 Å². The molecule has 1 aliphatic heterocycles. The Morgan fingerprint density at radius 3 is 2.46 bits per heavy atom. The van der Waals surface area contributed by atoms with E-state index >= 15 is 0 Å². The minimum atomic E-state index is -0.764. The van der Waals surface area contributed by atoms with Crippen LogP contribution in [-0.2, 0) is 9.59 Å². The lowest BCUT2D eigenvalue weighted by Gasteiger charge is -2.27. The van der Waals surface area contributed by atoms with Gasteiger partial charge in [0.05, 0.1) is 24.7 Å². The number of benzene rings is 1. The number of carbonyl (C=O) groups excluding carboxylic acids is 2. The SMILES string of the molecule is C=CCN1C(=O)C(=Cc2c(OC)ccc(OC)c2[N+](=O)[O-])C(=O)NC1=S. The third kappa shape index (κ3) is 3.40. The number of nitrogens with one attached hydrogen (secondary N) is 1. The van der Waals surface area contributed by atoms with Crippen molar-refractivity contribution in [3.63, 3.8) is 0 Å². The van der Waals surface area contributed by atoms with E-state index in [1.54, 1.807) is 0 Å². The van der Waals surface area contributed by atoms with Gasteiger partial charge in [-0.25, -0.2) is 0 Å². The summed E-state index contributed by atoms with van der Waals surface area (Å²) in [6.45, 7) is 3.60. The van der Waals surface area contributed by atoms with Gasteiger partial charge in [-0.3, -0.25) is 29.9 Å². The van der Waals surface area contributed by atoms with Gasteiger partial charge >= 0.3 is 5.69 Å². The molecular formula is C16H15N3O6S. The second-order valence-electron chi connectivity index (χ2n) is 5.01. The average molecular weight is 377 g/mol. The smallest absolute Gasteiger partial charge is 0.321 e. The molecule has 0 spiro atoms.